The summed E-state index contributed by atoms with van der Waals surface area (Å²) in [5.74, 6) is 1.57. The molecule has 90 valence electrons. The van der Waals surface area contributed by atoms with Gasteiger partial charge in [0.1, 0.15) is 0 Å². The van der Waals surface area contributed by atoms with Crippen molar-refractivity contribution >= 4 is 34.9 Å². The number of terminal acetylenes is 1. The van der Waals surface area contributed by atoms with Crippen molar-refractivity contribution in [3.63, 3.8) is 0 Å². The molecule has 1 aromatic rings. The summed E-state index contributed by atoms with van der Waals surface area (Å²) in [6.07, 6.45) is 5.22. The molecule has 0 saturated carbocycles. The Morgan fingerprint density at radius 2 is 2.00 bits per heavy atom. The Hall–Kier alpha value is -1.37. The van der Waals surface area contributed by atoms with Gasteiger partial charge in [0.05, 0.1) is 28.7 Å². The van der Waals surface area contributed by atoms with Crippen LogP contribution in [0.15, 0.2) is 18.2 Å². The van der Waals surface area contributed by atoms with Gasteiger partial charge in [-0.25, -0.2) is 0 Å². The van der Waals surface area contributed by atoms with Gasteiger partial charge < -0.3 is 10.0 Å². The van der Waals surface area contributed by atoms with Crippen LogP contribution in [0.1, 0.15) is 6.42 Å². The molecule has 0 aliphatic rings. The molecule has 0 heterocycles. The summed E-state index contributed by atoms with van der Waals surface area (Å²) in [4.78, 5) is 12.2. The normalized spacial score (nSPS) is 9.71. The van der Waals surface area contributed by atoms with E-state index in [0.717, 1.165) is 0 Å². The summed E-state index contributed by atoms with van der Waals surface area (Å²) < 4.78 is 0. The number of carboxylic acid groups (broad SMARTS) is 1. The lowest BCUT2D eigenvalue weighted by atomic mass is 10.2. The molecule has 17 heavy (non-hydrogen) atoms. The highest BCUT2D eigenvalue weighted by atomic mass is 35.5. The van der Waals surface area contributed by atoms with E-state index in [0.29, 0.717) is 15.7 Å². The van der Waals surface area contributed by atoms with E-state index in [1.165, 1.54) is 0 Å². The molecule has 3 nitrogen and oxygen atoms in total. The van der Waals surface area contributed by atoms with E-state index in [1.54, 1.807) is 23.1 Å². The Balaban J connectivity index is 2.97. The molecule has 0 saturated heterocycles. The largest absolute Gasteiger partial charge is 0.481 e. The Labute approximate surface area is 110 Å². The van der Waals surface area contributed by atoms with Crippen molar-refractivity contribution in [2.24, 2.45) is 0 Å². The maximum absolute atomic E-state index is 10.6. The zero-order valence-corrected chi connectivity index (χ0v) is 10.5. The minimum Gasteiger partial charge on any atom is -0.481 e. The van der Waals surface area contributed by atoms with Crippen LogP contribution in [-0.4, -0.2) is 24.2 Å². The number of aliphatic carboxylic acids is 1. The van der Waals surface area contributed by atoms with Gasteiger partial charge in [-0.05, 0) is 12.1 Å². The number of carboxylic acids is 1. The van der Waals surface area contributed by atoms with Gasteiger partial charge in [-0.15, -0.1) is 6.42 Å². The van der Waals surface area contributed by atoms with E-state index in [9.17, 15) is 4.79 Å². The predicted molar refractivity (Wildman–Crippen MR) is 69.8 cm³/mol. The second kappa shape index (κ2) is 6.39. The third-order valence-corrected chi connectivity index (χ3v) is 2.74. The number of hydrogen-bond acceptors (Lipinski definition) is 2. The van der Waals surface area contributed by atoms with Crippen molar-refractivity contribution in [1.29, 1.82) is 0 Å². The minimum atomic E-state index is -0.893. The molecular formula is C12H11Cl2NO2. The van der Waals surface area contributed by atoms with Crippen molar-refractivity contribution < 1.29 is 9.90 Å². The van der Waals surface area contributed by atoms with Crippen LogP contribution in [0.2, 0.25) is 10.0 Å². The first-order chi connectivity index (χ1) is 8.06. The smallest absolute Gasteiger partial charge is 0.305 e. The molecule has 1 N–H and O–H groups in total. The number of carbonyl (C=O) groups is 1. The van der Waals surface area contributed by atoms with E-state index in [4.69, 9.17) is 34.7 Å². The van der Waals surface area contributed by atoms with Crippen LogP contribution in [0.25, 0.3) is 0 Å². The summed E-state index contributed by atoms with van der Waals surface area (Å²) in [7, 11) is 0. The highest BCUT2D eigenvalue weighted by Crippen LogP contribution is 2.33. The topological polar surface area (TPSA) is 40.5 Å². The first kappa shape index (κ1) is 13.7. The number of benzene rings is 1. The molecule has 1 aromatic carbocycles. The Morgan fingerprint density at radius 1 is 1.41 bits per heavy atom. The average molecular weight is 272 g/mol. The lowest BCUT2D eigenvalue weighted by Crippen LogP contribution is -2.27. The maximum Gasteiger partial charge on any atom is 0.305 e. The third kappa shape index (κ3) is 3.85. The fourth-order valence-corrected chi connectivity index (χ4v) is 2.04. The van der Waals surface area contributed by atoms with Gasteiger partial charge in [0.2, 0.25) is 0 Å². The number of hydrogen-bond donors (Lipinski definition) is 1. The lowest BCUT2D eigenvalue weighted by molar-refractivity contribution is -0.136. The molecule has 1 rings (SSSR count). The van der Waals surface area contributed by atoms with E-state index in [-0.39, 0.29) is 19.5 Å². The molecule has 5 heteroatoms. The van der Waals surface area contributed by atoms with Gasteiger partial charge in [-0.2, -0.15) is 0 Å². The van der Waals surface area contributed by atoms with E-state index in [2.05, 4.69) is 5.92 Å². The highest BCUT2D eigenvalue weighted by Gasteiger charge is 2.14. The SMILES string of the molecule is C#CCN(CCC(=O)O)c1c(Cl)cccc1Cl. The zero-order valence-electron chi connectivity index (χ0n) is 8.99. The quantitative estimate of drug-likeness (QED) is 0.838. The second-order valence-corrected chi connectivity index (χ2v) is 4.15. The summed E-state index contributed by atoms with van der Waals surface area (Å²) in [6.45, 7) is 0.528. The summed E-state index contributed by atoms with van der Waals surface area (Å²) in [5.41, 5.74) is 0.579. The van der Waals surface area contributed by atoms with Gasteiger partial charge in [0.15, 0.2) is 0 Å². The van der Waals surface area contributed by atoms with Gasteiger partial charge in [0.25, 0.3) is 0 Å². The molecule has 0 aromatic heterocycles. The molecule has 0 aliphatic carbocycles. The maximum atomic E-state index is 10.6. The first-order valence-electron chi connectivity index (χ1n) is 4.90. The molecule has 0 radical (unpaired) electrons. The summed E-state index contributed by atoms with van der Waals surface area (Å²) >= 11 is 12.1. The van der Waals surface area contributed by atoms with Crippen LogP contribution >= 0.6 is 23.2 Å². The number of para-hydroxylation sites is 1. The van der Waals surface area contributed by atoms with Gasteiger partial charge in [-0.1, -0.05) is 35.2 Å². The van der Waals surface area contributed by atoms with E-state index < -0.39 is 5.97 Å². The van der Waals surface area contributed by atoms with Crippen molar-refractivity contribution in [2.75, 3.05) is 18.0 Å². The Kier molecular flexibility index (Phi) is 5.14. The van der Waals surface area contributed by atoms with Gasteiger partial charge in [-0.3, -0.25) is 4.79 Å². The molecule has 0 spiro atoms. The predicted octanol–water partition coefficient (Wildman–Crippen LogP) is 2.91. The van der Waals surface area contributed by atoms with Crippen LogP contribution in [0, 0.1) is 12.3 Å². The fourth-order valence-electron chi connectivity index (χ4n) is 1.40. The number of anilines is 1. The monoisotopic (exact) mass is 271 g/mol. The Bertz CT molecular complexity index is 434. The molecule has 0 amide bonds. The van der Waals surface area contributed by atoms with Crippen molar-refractivity contribution in [1.82, 2.24) is 0 Å². The van der Waals surface area contributed by atoms with Gasteiger partial charge in [0, 0.05) is 6.54 Å². The molecule has 0 aliphatic heterocycles. The Morgan fingerprint density at radius 3 is 2.47 bits per heavy atom. The number of rotatable bonds is 5. The van der Waals surface area contributed by atoms with Gasteiger partial charge >= 0.3 is 5.97 Å². The van der Waals surface area contributed by atoms with Crippen LogP contribution in [-0.2, 0) is 4.79 Å². The lowest BCUT2D eigenvalue weighted by Gasteiger charge is -2.23. The van der Waals surface area contributed by atoms with Crippen molar-refractivity contribution in [3.05, 3.63) is 28.2 Å². The van der Waals surface area contributed by atoms with E-state index >= 15 is 0 Å². The van der Waals surface area contributed by atoms with Crippen LogP contribution in [0.5, 0.6) is 0 Å². The van der Waals surface area contributed by atoms with Crippen molar-refractivity contribution in [2.45, 2.75) is 6.42 Å². The fraction of sp³-hybridized carbons (Fsp3) is 0.250. The standard InChI is InChI=1S/C12H11Cl2NO2/c1-2-7-15(8-6-11(16)17)12-9(13)4-3-5-10(12)14/h1,3-5H,6-8H2,(H,16,17). The number of halogens is 2. The summed E-state index contributed by atoms with van der Waals surface area (Å²) in [5, 5.41) is 9.59. The van der Waals surface area contributed by atoms with Crippen LogP contribution in [0.3, 0.4) is 0 Å². The van der Waals surface area contributed by atoms with Crippen LogP contribution < -0.4 is 4.90 Å². The molecule has 0 unspecified atom stereocenters. The van der Waals surface area contributed by atoms with E-state index in [1.807, 2.05) is 0 Å². The number of nitrogens with zero attached hydrogens (tertiary/aromatic N) is 1. The molecular weight excluding hydrogens is 261 g/mol. The first-order valence-corrected chi connectivity index (χ1v) is 5.66. The highest BCUT2D eigenvalue weighted by molar-refractivity contribution is 6.39. The average Bonchev–Trinajstić information content (AvgIpc) is 2.25. The minimum absolute atomic E-state index is 0.0246. The summed E-state index contributed by atoms with van der Waals surface area (Å²) in [6, 6.07) is 5.10. The second-order valence-electron chi connectivity index (χ2n) is 3.34. The molecule has 0 fully saturated rings. The zero-order chi connectivity index (χ0) is 12.8. The van der Waals surface area contributed by atoms with Crippen LogP contribution in [0.4, 0.5) is 5.69 Å². The molecule has 0 atom stereocenters. The van der Waals surface area contributed by atoms with Crippen molar-refractivity contribution in [3.8, 4) is 12.3 Å². The molecule has 0 bridgehead atoms. The third-order valence-electron chi connectivity index (χ3n) is 2.13.